The number of nitrogens with zero attached hydrogens (tertiary/aromatic N) is 3. The van der Waals surface area contributed by atoms with Crippen LogP contribution in [-0.4, -0.2) is 26.5 Å². The number of carbonyl (C=O) groups is 1. The van der Waals surface area contributed by atoms with E-state index in [-0.39, 0.29) is 5.78 Å². The van der Waals surface area contributed by atoms with Crippen molar-refractivity contribution in [3.63, 3.8) is 0 Å². The zero-order valence-electron chi connectivity index (χ0n) is 17.9. The predicted molar refractivity (Wildman–Crippen MR) is 129 cm³/mol. The average Bonchev–Trinajstić information content (AvgIpc) is 3.17. The number of aromatic nitrogens is 3. The molecule has 3 heterocycles. The van der Waals surface area contributed by atoms with Crippen molar-refractivity contribution in [2.45, 2.75) is 51.0 Å². The zero-order chi connectivity index (χ0) is 21.4. The minimum atomic E-state index is 0.119. The molecular formula is C25H25N3OS2. The van der Waals surface area contributed by atoms with Crippen LogP contribution in [0.3, 0.4) is 0 Å². The number of ketones is 1. The molecule has 158 valence electrons. The number of thioether (sulfide) groups is 1. The van der Waals surface area contributed by atoms with E-state index in [1.165, 1.54) is 46.8 Å². The second kappa shape index (κ2) is 8.67. The smallest absolute Gasteiger partial charge is 0.173 e. The Labute approximate surface area is 190 Å². The number of carbonyl (C=O) groups excluding carboxylic acids is 1. The van der Waals surface area contributed by atoms with Gasteiger partial charge >= 0.3 is 0 Å². The van der Waals surface area contributed by atoms with Crippen molar-refractivity contribution in [2.24, 2.45) is 5.92 Å². The first kappa shape index (κ1) is 20.6. The molecule has 0 saturated carbocycles. The summed E-state index contributed by atoms with van der Waals surface area (Å²) in [6.07, 6.45) is 7.35. The minimum Gasteiger partial charge on any atom is -0.293 e. The van der Waals surface area contributed by atoms with Gasteiger partial charge in [0, 0.05) is 16.6 Å². The number of hydrogen-bond acceptors (Lipinski definition) is 6. The topological polar surface area (TPSA) is 55.7 Å². The highest BCUT2D eigenvalue weighted by Gasteiger charge is 2.23. The summed E-state index contributed by atoms with van der Waals surface area (Å²) in [5.41, 5.74) is 5.93. The molecule has 0 bridgehead atoms. The van der Waals surface area contributed by atoms with Gasteiger partial charge in [-0.05, 0) is 49.1 Å². The molecule has 6 heteroatoms. The highest BCUT2D eigenvalue weighted by molar-refractivity contribution is 8.00. The third kappa shape index (κ3) is 3.99. The molecule has 0 fully saturated rings. The lowest BCUT2D eigenvalue weighted by Gasteiger charge is -2.20. The highest BCUT2D eigenvalue weighted by Crippen LogP contribution is 2.41. The van der Waals surface area contributed by atoms with E-state index in [0.29, 0.717) is 11.7 Å². The van der Waals surface area contributed by atoms with Crippen LogP contribution in [-0.2, 0) is 19.3 Å². The van der Waals surface area contributed by atoms with E-state index in [1.807, 2.05) is 30.3 Å². The number of aryl methyl sites for hydroxylation is 1. The third-order valence-corrected chi connectivity index (χ3v) is 8.01. The van der Waals surface area contributed by atoms with Crippen LogP contribution < -0.4 is 0 Å². The number of Topliss-reactive ketones (excluding diaryl/α,β-unsaturated/α-hetero) is 1. The van der Waals surface area contributed by atoms with Gasteiger partial charge in [0.1, 0.15) is 16.2 Å². The number of hydrogen-bond donors (Lipinski definition) is 0. The fraction of sp³-hybridized carbons (Fsp3) is 0.360. The van der Waals surface area contributed by atoms with Crippen molar-refractivity contribution in [1.82, 2.24) is 15.0 Å². The SMILES string of the molecule is CC(C)Cc1nc2sc3c(SCC(=O)c4ccccc4)ncnc3c2c2c1CCCC2. The Morgan fingerprint density at radius 1 is 1.10 bits per heavy atom. The number of pyridine rings is 1. The molecule has 0 saturated heterocycles. The summed E-state index contributed by atoms with van der Waals surface area (Å²) in [4.78, 5) is 28.0. The van der Waals surface area contributed by atoms with Gasteiger partial charge in [-0.15, -0.1) is 11.3 Å². The molecule has 1 aromatic carbocycles. The first-order valence-electron chi connectivity index (χ1n) is 10.9. The Morgan fingerprint density at radius 2 is 1.87 bits per heavy atom. The molecule has 5 rings (SSSR count). The summed E-state index contributed by atoms with van der Waals surface area (Å²) in [7, 11) is 0. The van der Waals surface area contributed by atoms with E-state index in [2.05, 4.69) is 23.8 Å². The lowest BCUT2D eigenvalue weighted by atomic mass is 9.87. The van der Waals surface area contributed by atoms with E-state index < -0.39 is 0 Å². The first-order valence-corrected chi connectivity index (χ1v) is 12.7. The Bertz CT molecular complexity index is 1260. The quantitative estimate of drug-likeness (QED) is 0.197. The second-order valence-electron chi connectivity index (χ2n) is 8.54. The van der Waals surface area contributed by atoms with Crippen LogP contribution in [0, 0.1) is 5.92 Å². The van der Waals surface area contributed by atoms with Crippen molar-refractivity contribution in [3.05, 3.63) is 59.0 Å². The van der Waals surface area contributed by atoms with Gasteiger partial charge in [-0.2, -0.15) is 0 Å². The van der Waals surface area contributed by atoms with E-state index in [9.17, 15) is 4.79 Å². The standard InChI is InChI=1S/C25H25N3OS2/c1-15(2)12-19-17-10-6-7-11-18(17)21-22-23(31-24(21)28-19)25(27-14-26-22)30-13-20(29)16-8-4-3-5-9-16/h3-5,8-9,14-15H,6-7,10-13H2,1-2H3. The zero-order valence-corrected chi connectivity index (χ0v) is 19.5. The molecule has 0 spiro atoms. The average molecular weight is 448 g/mol. The molecule has 0 unspecified atom stereocenters. The summed E-state index contributed by atoms with van der Waals surface area (Å²) < 4.78 is 1.06. The van der Waals surface area contributed by atoms with E-state index in [4.69, 9.17) is 4.98 Å². The molecule has 4 nitrogen and oxygen atoms in total. The maximum Gasteiger partial charge on any atom is 0.173 e. The van der Waals surface area contributed by atoms with Crippen LogP contribution in [0.5, 0.6) is 0 Å². The predicted octanol–water partition coefficient (Wildman–Crippen LogP) is 6.29. The van der Waals surface area contributed by atoms with Gasteiger partial charge < -0.3 is 0 Å². The minimum absolute atomic E-state index is 0.119. The maximum absolute atomic E-state index is 12.6. The van der Waals surface area contributed by atoms with Crippen LogP contribution in [0.1, 0.15) is 53.9 Å². The van der Waals surface area contributed by atoms with Crippen LogP contribution in [0.2, 0.25) is 0 Å². The maximum atomic E-state index is 12.6. The van der Waals surface area contributed by atoms with Gasteiger partial charge in [0.05, 0.1) is 16.0 Å². The van der Waals surface area contributed by atoms with Gasteiger partial charge in [0.2, 0.25) is 0 Å². The third-order valence-electron chi connectivity index (χ3n) is 5.81. The van der Waals surface area contributed by atoms with Crippen molar-refractivity contribution in [3.8, 4) is 0 Å². The Balaban J connectivity index is 1.56. The van der Waals surface area contributed by atoms with Gasteiger partial charge in [-0.25, -0.2) is 15.0 Å². The summed E-state index contributed by atoms with van der Waals surface area (Å²) in [5.74, 6) is 1.07. The first-order chi connectivity index (χ1) is 15.1. The van der Waals surface area contributed by atoms with Gasteiger partial charge in [0.25, 0.3) is 0 Å². The highest BCUT2D eigenvalue weighted by atomic mass is 32.2. The van der Waals surface area contributed by atoms with Crippen LogP contribution in [0.4, 0.5) is 0 Å². The number of benzene rings is 1. The second-order valence-corrected chi connectivity index (χ2v) is 10.5. The van der Waals surface area contributed by atoms with Crippen molar-refractivity contribution in [1.29, 1.82) is 0 Å². The molecule has 0 aliphatic heterocycles. The van der Waals surface area contributed by atoms with Gasteiger partial charge in [-0.3, -0.25) is 4.79 Å². The fourth-order valence-corrected chi connectivity index (χ4v) is 6.57. The Hall–Kier alpha value is -2.31. The molecule has 4 aromatic rings. The molecule has 31 heavy (non-hydrogen) atoms. The summed E-state index contributed by atoms with van der Waals surface area (Å²) in [6.45, 7) is 4.52. The van der Waals surface area contributed by atoms with Gasteiger partial charge in [0.15, 0.2) is 5.78 Å². The van der Waals surface area contributed by atoms with Crippen molar-refractivity contribution >= 4 is 49.3 Å². The number of fused-ring (bicyclic) bond motifs is 5. The van der Waals surface area contributed by atoms with Crippen molar-refractivity contribution < 1.29 is 4.79 Å². The van der Waals surface area contributed by atoms with Crippen molar-refractivity contribution in [2.75, 3.05) is 5.75 Å². The van der Waals surface area contributed by atoms with Crippen LogP contribution in [0.15, 0.2) is 41.7 Å². The summed E-state index contributed by atoms with van der Waals surface area (Å²) in [6, 6.07) is 9.46. The molecule has 0 radical (unpaired) electrons. The Kier molecular flexibility index (Phi) is 5.76. The lowest BCUT2D eigenvalue weighted by Crippen LogP contribution is -2.11. The molecule has 0 atom stereocenters. The fourth-order valence-electron chi connectivity index (χ4n) is 4.42. The normalized spacial score (nSPS) is 13.8. The summed E-state index contributed by atoms with van der Waals surface area (Å²) >= 11 is 3.18. The van der Waals surface area contributed by atoms with E-state index in [0.717, 1.165) is 44.9 Å². The van der Waals surface area contributed by atoms with E-state index >= 15 is 0 Å². The monoisotopic (exact) mass is 447 g/mol. The van der Waals surface area contributed by atoms with Crippen LogP contribution in [0.25, 0.3) is 20.4 Å². The lowest BCUT2D eigenvalue weighted by molar-refractivity contribution is 0.102. The molecule has 1 aliphatic carbocycles. The van der Waals surface area contributed by atoms with Crippen LogP contribution >= 0.6 is 23.1 Å². The number of thiophene rings is 1. The van der Waals surface area contributed by atoms with Gasteiger partial charge in [-0.1, -0.05) is 55.9 Å². The molecular weight excluding hydrogens is 422 g/mol. The summed E-state index contributed by atoms with van der Waals surface area (Å²) in [5, 5.41) is 2.10. The molecule has 0 N–H and O–H groups in total. The Morgan fingerprint density at radius 3 is 2.65 bits per heavy atom. The number of rotatable bonds is 6. The van der Waals surface area contributed by atoms with E-state index in [1.54, 1.807) is 17.7 Å². The largest absolute Gasteiger partial charge is 0.293 e. The molecule has 0 amide bonds. The molecule has 1 aliphatic rings. The molecule has 3 aromatic heterocycles.